The highest BCUT2D eigenvalue weighted by molar-refractivity contribution is 6.09. The number of nitrogens with zero attached hydrogens (tertiary/aromatic N) is 1. The third-order valence-corrected chi connectivity index (χ3v) is 2.97. The summed E-state index contributed by atoms with van der Waals surface area (Å²) >= 11 is 0. The van der Waals surface area contributed by atoms with Gasteiger partial charge in [-0.3, -0.25) is 9.59 Å². The van der Waals surface area contributed by atoms with E-state index in [-0.39, 0.29) is 11.7 Å². The summed E-state index contributed by atoms with van der Waals surface area (Å²) in [6, 6.07) is 17.5. The highest BCUT2D eigenvalue weighted by atomic mass is 16.1. The van der Waals surface area contributed by atoms with Crippen LogP contribution in [0.15, 0.2) is 60.7 Å². The molecule has 2 rings (SSSR count). The van der Waals surface area contributed by atoms with Crippen molar-refractivity contribution in [2.75, 3.05) is 0 Å². The van der Waals surface area contributed by atoms with Crippen LogP contribution in [0.25, 0.3) is 5.70 Å². The van der Waals surface area contributed by atoms with Gasteiger partial charge in [-0.1, -0.05) is 42.5 Å². The van der Waals surface area contributed by atoms with Gasteiger partial charge in [-0.05, 0) is 17.7 Å². The van der Waals surface area contributed by atoms with Crippen molar-refractivity contribution in [1.29, 1.82) is 5.26 Å². The maximum absolute atomic E-state index is 12.3. The summed E-state index contributed by atoms with van der Waals surface area (Å²) in [6.07, 6.45) is 1.39. The van der Waals surface area contributed by atoms with Gasteiger partial charge in [-0.15, -0.1) is 0 Å². The van der Waals surface area contributed by atoms with Crippen LogP contribution < -0.4 is 5.32 Å². The van der Waals surface area contributed by atoms with Crippen LogP contribution in [0, 0.1) is 11.3 Å². The topological polar surface area (TPSA) is 70.0 Å². The van der Waals surface area contributed by atoms with Crippen LogP contribution in [-0.2, 0) is 4.79 Å². The summed E-state index contributed by atoms with van der Waals surface area (Å²) in [4.78, 5) is 23.6. The SMILES string of the molecule is CC(=O)N/C(=C\C(=O)c1ccccc1)c1ccc(C#N)cc1. The number of nitriles is 1. The third-order valence-electron chi connectivity index (χ3n) is 2.97. The molecule has 0 radical (unpaired) electrons. The fourth-order valence-corrected chi connectivity index (χ4v) is 1.92. The molecule has 1 amide bonds. The Kier molecular flexibility index (Phi) is 4.84. The molecule has 0 fully saturated rings. The predicted molar refractivity (Wildman–Crippen MR) is 83.7 cm³/mol. The molecular weight excluding hydrogens is 276 g/mol. The molecule has 0 aliphatic carbocycles. The second-order valence-corrected chi connectivity index (χ2v) is 4.66. The van der Waals surface area contributed by atoms with Crippen LogP contribution in [0.3, 0.4) is 0 Å². The smallest absolute Gasteiger partial charge is 0.221 e. The monoisotopic (exact) mass is 290 g/mol. The molecule has 108 valence electrons. The molecule has 0 aliphatic rings. The lowest BCUT2D eigenvalue weighted by molar-refractivity contribution is -0.117. The van der Waals surface area contributed by atoms with E-state index in [9.17, 15) is 9.59 Å². The van der Waals surface area contributed by atoms with E-state index in [0.29, 0.717) is 22.4 Å². The van der Waals surface area contributed by atoms with Gasteiger partial charge in [-0.2, -0.15) is 5.26 Å². The lowest BCUT2D eigenvalue weighted by atomic mass is 10.1. The van der Waals surface area contributed by atoms with Gasteiger partial charge in [0.1, 0.15) is 0 Å². The quantitative estimate of drug-likeness (QED) is 0.695. The number of hydrogen-bond donors (Lipinski definition) is 1. The number of amides is 1. The molecule has 0 atom stereocenters. The number of ketones is 1. The molecule has 4 nitrogen and oxygen atoms in total. The summed E-state index contributed by atoms with van der Waals surface area (Å²) < 4.78 is 0. The fraction of sp³-hybridized carbons (Fsp3) is 0.0556. The zero-order chi connectivity index (χ0) is 15.9. The zero-order valence-corrected chi connectivity index (χ0v) is 12.0. The number of benzene rings is 2. The average Bonchev–Trinajstić information content (AvgIpc) is 2.54. The van der Waals surface area contributed by atoms with Gasteiger partial charge >= 0.3 is 0 Å². The summed E-state index contributed by atoms with van der Waals surface area (Å²) in [5.74, 6) is -0.467. The Morgan fingerprint density at radius 2 is 1.64 bits per heavy atom. The van der Waals surface area contributed by atoms with Gasteiger partial charge in [0.15, 0.2) is 5.78 Å². The van der Waals surface area contributed by atoms with Crippen LogP contribution >= 0.6 is 0 Å². The third kappa shape index (κ3) is 3.90. The molecule has 4 heteroatoms. The Balaban J connectivity index is 2.37. The Bertz CT molecular complexity index is 754. The molecule has 0 aromatic heterocycles. The maximum atomic E-state index is 12.3. The van der Waals surface area contributed by atoms with Gasteiger partial charge in [0.25, 0.3) is 0 Å². The van der Waals surface area contributed by atoms with Crippen LogP contribution in [0.2, 0.25) is 0 Å². The van der Waals surface area contributed by atoms with Crippen LogP contribution in [0.4, 0.5) is 0 Å². The Morgan fingerprint density at radius 3 is 2.18 bits per heavy atom. The zero-order valence-electron chi connectivity index (χ0n) is 12.0. The normalized spacial score (nSPS) is 10.6. The molecule has 2 aromatic carbocycles. The van der Waals surface area contributed by atoms with Gasteiger partial charge in [0, 0.05) is 18.6 Å². The first kappa shape index (κ1) is 15.2. The lowest BCUT2D eigenvalue weighted by Gasteiger charge is -2.08. The standard InChI is InChI=1S/C18H14N2O2/c1-13(21)20-17(15-9-7-14(12-19)8-10-15)11-18(22)16-5-3-2-4-6-16/h2-11H,1H3,(H,20,21)/b17-11-. The summed E-state index contributed by atoms with van der Waals surface area (Å²) in [5, 5.41) is 11.5. The van der Waals surface area contributed by atoms with E-state index in [4.69, 9.17) is 5.26 Å². The summed E-state index contributed by atoms with van der Waals surface area (Å²) in [7, 11) is 0. The van der Waals surface area contributed by atoms with Crippen molar-refractivity contribution in [1.82, 2.24) is 5.32 Å². The number of carbonyl (C=O) groups is 2. The molecule has 0 aliphatic heterocycles. The number of nitrogens with one attached hydrogen (secondary N) is 1. The van der Waals surface area contributed by atoms with E-state index < -0.39 is 0 Å². The van der Waals surface area contributed by atoms with Gasteiger partial charge < -0.3 is 5.32 Å². The average molecular weight is 290 g/mol. The Morgan fingerprint density at radius 1 is 1.00 bits per heavy atom. The number of hydrogen-bond acceptors (Lipinski definition) is 3. The maximum Gasteiger partial charge on any atom is 0.221 e. The first-order valence-corrected chi connectivity index (χ1v) is 6.69. The number of rotatable bonds is 4. The van der Waals surface area contributed by atoms with Crippen molar-refractivity contribution >= 4 is 17.4 Å². The van der Waals surface area contributed by atoms with E-state index >= 15 is 0 Å². The molecule has 0 saturated heterocycles. The second-order valence-electron chi connectivity index (χ2n) is 4.66. The van der Waals surface area contributed by atoms with Crippen LogP contribution in [0.1, 0.15) is 28.4 Å². The van der Waals surface area contributed by atoms with Crippen molar-refractivity contribution in [2.45, 2.75) is 6.92 Å². The minimum absolute atomic E-state index is 0.200. The lowest BCUT2D eigenvalue weighted by Crippen LogP contribution is -2.19. The second kappa shape index (κ2) is 7.00. The molecule has 0 heterocycles. The highest BCUT2D eigenvalue weighted by Crippen LogP contribution is 2.14. The fourth-order valence-electron chi connectivity index (χ4n) is 1.92. The Hall–Kier alpha value is -3.19. The van der Waals surface area contributed by atoms with Crippen molar-refractivity contribution in [2.24, 2.45) is 0 Å². The number of allylic oxidation sites excluding steroid dienone is 1. The molecule has 2 aromatic rings. The minimum atomic E-state index is -0.267. The molecule has 0 unspecified atom stereocenters. The van der Waals surface area contributed by atoms with Crippen molar-refractivity contribution in [3.05, 3.63) is 77.4 Å². The molecule has 0 spiro atoms. The van der Waals surface area contributed by atoms with E-state index in [0.717, 1.165) is 0 Å². The summed E-state index contributed by atoms with van der Waals surface area (Å²) in [6.45, 7) is 1.38. The van der Waals surface area contributed by atoms with E-state index in [1.54, 1.807) is 48.5 Å². The molecular formula is C18H14N2O2. The van der Waals surface area contributed by atoms with Crippen molar-refractivity contribution < 1.29 is 9.59 Å². The summed E-state index contributed by atoms with van der Waals surface area (Å²) in [5.41, 5.74) is 2.13. The van der Waals surface area contributed by atoms with Crippen LogP contribution in [-0.4, -0.2) is 11.7 Å². The minimum Gasteiger partial charge on any atom is -0.326 e. The van der Waals surface area contributed by atoms with Gasteiger partial charge in [0.05, 0.1) is 17.3 Å². The largest absolute Gasteiger partial charge is 0.326 e. The highest BCUT2D eigenvalue weighted by Gasteiger charge is 2.08. The van der Waals surface area contributed by atoms with E-state index in [2.05, 4.69) is 5.32 Å². The first-order chi connectivity index (χ1) is 10.6. The molecule has 22 heavy (non-hydrogen) atoms. The van der Waals surface area contributed by atoms with E-state index in [1.807, 2.05) is 12.1 Å². The first-order valence-electron chi connectivity index (χ1n) is 6.69. The van der Waals surface area contributed by atoms with Crippen LogP contribution in [0.5, 0.6) is 0 Å². The van der Waals surface area contributed by atoms with Crippen molar-refractivity contribution in [3.8, 4) is 6.07 Å². The Labute approximate surface area is 128 Å². The molecule has 1 N–H and O–H groups in total. The molecule has 0 saturated carbocycles. The number of carbonyl (C=O) groups excluding carboxylic acids is 2. The van der Waals surface area contributed by atoms with Crippen molar-refractivity contribution in [3.63, 3.8) is 0 Å². The van der Waals surface area contributed by atoms with E-state index in [1.165, 1.54) is 13.0 Å². The predicted octanol–water partition coefficient (Wildman–Crippen LogP) is 2.92. The van der Waals surface area contributed by atoms with Gasteiger partial charge in [-0.25, -0.2) is 0 Å². The molecule has 0 bridgehead atoms. The van der Waals surface area contributed by atoms with Gasteiger partial charge in [0.2, 0.25) is 5.91 Å².